The molecule has 1 aliphatic heterocycles. The summed E-state index contributed by atoms with van der Waals surface area (Å²) in [7, 11) is -2.32. The van der Waals surface area contributed by atoms with Crippen LogP contribution in [0.5, 0.6) is 5.75 Å². The van der Waals surface area contributed by atoms with Crippen LogP contribution in [-0.2, 0) is 21.4 Å². The van der Waals surface area contributed by atoms with Crippen molar-refractivity contribution in [1.82, 2.24) is 9.62 Å². The number of hydrogen-bond acceptors (Lipinski definition) is 4. The molecule has 1 N–H and O–H groups in total. The fourth-order valence-corrected chi connectivity index (χ4v) is 5.14. The number of amides is 1. The Morgan fingerprint density at radius 1 is 1.28 bits per heavy atom. The largest absolute Gasteiger partial charge is 0.495 e. The highest BCUT2D eigenvalue weighted by Crippen LogP contribution is 2.30. The molecule has 1 heterocycles. The van der Waals surface area contributed by atoms with Gasteiger partial charge in [-0.2, -0.15) is 4.31 Å². The molecule has 0 bridgehead atoms. The van der Waals surface area contributed by atoms with E-state index in [9.17, 15) is 17.6 Å². The molecule has 0 saturated carbocycles. The van der Waals surface area contributed by atoms with Crippen LogP contribution in [0.2, 0.25) is 5.02 Å². The zero-order valence-corrected chi connectivity index (χ0v) is 17.5. The van der Waals surface area contributed by atoms with Gasteiger partial charge in [0.25, 0.3) is 0 Å². The van der Waals surface area contributed by atoms with Gasteiger partial charge in [0.05, 0.1) is 22.9 Å². The van der Waals surface area contributed by atoms with Crippen molar-refractivity contribution >= 4 is 27.5 Å². The van der Waals surface area contributed by atoms with Crippen LogP contribution in [0.4, 0.5) is 4.39 Å². The zero-order chi connectivity index (χ0) is 21.0. The Morgan fingerprint density at radius 2 is 2.00 bits per heavy atom. The molecule has 2 aromatic carbocycles. The normalized spacial score (nSPS) is 17.7. The van der Waals surface area contributed by atoms with Gasteiger partial charge >= 0.3 is 0 Å². The van der Waals surface area contributed by atoms with Crippen LogP contribution >= 0.6 is 11.6 Å². The molecule has 0 unspecified atom stereocenters. The number of carbonyl (C=O) groups is 1. The number of methoxy groups -OCH3 is 1. The summed E-state index contributed by atoms with van der Waals surface area (Å²) in [4.78, 5) is 12.6. The van der Waals surface area contributed by atoms with Gasteiger partial charge in [0.15, 0.2) is 0 Å². The summed E-state index contributed by atoms with van der Waals surface area (Å²) in [6, 6.07) is 10.2. The van der Waals surface area contributed by atoms with Crippen LogP contribution in [0.25, 0.3) is 0 Å². The fraction of sp³-hybridized carbons (Fsp3) is 0.350. The second-order valence-corrected chi connectivity index (χ2v) is 9.19. The van der Waals surface area contributed by atoms with Crippen LogP contribution in [0.3, 0.4) is 0 Å². The van der Waals surface area contributed by atoms with Gasteiger partial charge in [-0.1, -0.05) is 23.7 Å². The third-order valence-corrected chi connectivity index (χ3v) is 7.05. The van der Waals surface area contributed by atoms with Crippen molar-refractivity contribution in [2.24, 2.45) is 5.92 Å². The number of carbonyl (C=O) groups excluding carboxylic acids is 1. The Kier molecular flexibility index (Phi) is 6.77. The minimum absolute atomic E-state index is 0.0654. The van der Waals surface area contributed by atoms with Gasteiger partial charge in [-0.15, -0.1) is 0 Å². The first-order chi connectivity index (χ1) is 13.8. The van der Waals surface area contributed by atoms with Crippen LogP contribution in [0.1, 0.15) is 18.4 Å². The number of rotatable bonds is 6. The maximum atomic E-state index is 13.0. The van der Waals surface area contributed by atoms with E-state index >= 15 is 0 Å². The van der Waals surface area contributed by atoms with Crippen molar-refractivity contribution in [2.45, 2.75) is 24.3 Å². The minimum Gasteiger partial charge on any atom is -0.495 e. The number of nitrogens with one attached hydrogen (secondary N) is 1. The summed E-state index contributed by atoms with van der Waals surface area (Å²) in [6.45, 7) is 0.700. The summed E-state index contributed by atoms with van der Waals surface area (Å²) in [5, 5.41) is 3.01. The van der Waals surface area contributed by atoms with E-state index in [1.807, 2.05) is 0 Å². The molecule has 29 heavy (non-hydrogen) atoms. The quantitative estimate of drug-likeness (QED) is 0.748. The molecule has 6 nitrogen and oxygen atoms in total. The zero-order valence-electron chi connectivity index (χ0n) is 15.9. The first-order valence-corrected chi connectivity index (χ1v) is 11.0. The standard InChI is InChI=1S/C20H22ClFN2O4S/c1-28-19-9-8-17(11-18(19)21)29(26,27)24-10-2-3-15(13-24)20(25)23-12-14-4-6-16(22)7-5-14/h4-9,11,15H,2-3,10,12-13H2,1H3,(H,23,25)/t15-/m1/s1. The maximum Gasteiger partial charge on any atom is 0.243 e. The van der Waals surface area contributed by atoms with E-state index in [4.69, 9.17) is 16.3 Å². The van der Waals surface area contributed by atoms with E-state index < -0.39 is 15.9 Å². The molecule has 0 spiro atoms. The van der Waals surface area contributed by atoms with Gasteiger partial charge in [0.1, 0.15) is 11.6 Å². The Bertz CT molecular complexity index is 982. The number of piperidine rings is 1. The van der Waals surface area contributed by atoms with Gasteiger partial charge in [-0.25, -0.2) is 12.8 Å². The molecule has 1 saturated heterocycles. The van der Waals surface area contributed by atoms with E-state index in [-0.39, 0.29) is 34.7 Å². The monoisotopic (exact) mass is 440 g/mol. The summed E-state index contributed by atoms with van der Waals surface area (Å²) in [5.74, 6) is -0.621. The highest BCUT2D eigenvalue weighted by atomic mass is 35.5. The highest BCUT2D eigenvalue weighted by molar-refractivity contribution is 7.89. The Hall–Kier alpha value is -2.16. The molecule has 156 valence electrons. The topological polar surface area (TPSA) is 75.7 Å². The van der Waals surface area contributed by atoms with E-state index in [0.29, 0.717) is 25.1 Å². The third-order valence-electron chi connectivity index (χ3n) is 4.90. The number of nitrogens with zero attached hydrogens (tertiary/aromatic N) is 1. The Morgan fingerprint density at radius 3 is 2.66 bits per heavy atom. The second kappa shape index (κ2) is 9.11. The van der Waals surface area contributed by atoms with Crippen molar-refractivity contribution in [3.05, 3.63) is 58.9 Å². The Labute approximate surface area is 174 Å². The average molecular weight is 441 g/mol. The molecule has 1 amide bonds. The van der Waals surface area contributed by atoms with Crippen molar-refractivity contribution in [1.29, 1.82) is 0 Å². The summed E-state index contributed by atoms with van der Waals surface area (Å²) < 4.78 is 45.3. The molecule has 1 atom stereocenters. The smallest absolute Gasteiger partial charge is 0.243 e. The molecule has 0 aliphatic carbocycles. The molecular weight excluding hydrogens is 419 g/mol. The molecule has 0 aromatic heterocycles. The van der Waals surface area contributed by atoms with Crippen LogP contribution in [0, 0.1) is 11.7 Å². The average Bonchev–Trinajstić information content (AvgIpc) is 2.73. The molecule has 1 fully saturated rings. The summed E-state index contributed by atoms with van der Waals surface area (Å²) in [5.41, 5.74) is 0.771. The lowest BCUT2D eigenvalue weighted by atomic mass is 9.99. The molecule has 1 aliphatic rings. The lowest BCUT2D eigenvalue weighted by molar-refractivity contribution is -0.126. The van der Waals surface area contributed by atoms with E-state index in [1.54, 1.807) is 12.1 Å². The highest BCUT2D eigenvalue weighted by Gasteiger charge is 2.33. The third kappa shape index (κ3) is 5.07. The minimum atomic E-state index is -3.78. The van der Waals surface area contributed by atoms with Gasteiger partial charge in [0.2, 0.25) is 15.9 Å². The predicted octanol–water partition coefficient (Wildman–Crippen LogP) is 3.20. The SMILES string of the molecule is COc1ccc(S(=O)(=O)N2CCC[C@@H](C(=O)NCc3ccc(F)cc3)C2)cc1Cl. The number of halogens is 2. The first-order valence-electron chi connectivity index (χ1n) is 9.17. The molecular formula is C20H22ClFN2O4S. The number of ether oxygens (including phenoxy) is 1. The Balaban J connectivity index is 1.66. The van der Waals surface area contributed by atoms with Crippen molar-refractivity contribution in [2.75, 3.05) is 20.2 Å². The lowest BCUT2D eigenvalue weighted by Crippen LogP contribution is -2.45. The van der Waals surface area contributed by atoms with Gasteiger partial charge in [-0.3, -0.25) is 4.79 Å². The second-order valence-electron chi connectivity index (χ2n) is 6.84. The van der Waals surface area contributed by atoms with E-state index in [1.165, 1.54) is 41.7 Å². The summed E-state index contributed by atoms with van der Waals surface area (Å²) in [6.07, 6.45) is 1.18. The summed E-state index contributed by atoms with van der Waals surface area (Å²) >= 11 is 6.07. The number of sulfonamides is 1. The van der Waals surface area contributed by atoms with Crippen LogP contribution in [0.15, 0.2) is 47.4 Å². The van der Waals surface area contributed by atoms with Crippen molar-refractivity contribution in [3.8, 4) is 5.75 Å². The number of hydrogen-bond donors (Lipinski definition) is 1. The molecule has 2 aromatic rings. The maximum absolute atomic E-state index is 13.0. The van der Waals surface area contributed by atoms with Crippen molar-refractivity contribution in [3.63, 3.8) is 0 Å². The van der Waals surface area contributed by atoms with Crippen LogP contribution in [-0.4, -0.2) is 38.8 Å². The van der Waals surface area contributed by atoms with Gasteiger partial charge in [-0.05, 0) is 48.7 Å². The molecule has 3 rings (SSSR count). The molecule has 0 radical (unpaired) electrons. The van der Waals surface area contributed by atoms with Gasteiger partial charge < -0.3 is 10.1 Å². The van der Waals surface area contributed by atoms with Gasteiger partial charge in [0, 0.05) is 19.6 Å². The van der Waals surface area contributed by atoms with Crippen molar-refractivity contribution < 1.29 is 22.3 Å². The van der Waals surface area contributed by atoms with E-state index in [2.05, 4.69) is 5.32 Å². The van der Waals surface area contributed by atoms with E-state index in [0.717, 1.165) is 5.56 Å². The number of benzene rings is 2. The van der Waals surface area contributed by atoms with Crippen LogP contribution < -0.4 is 10.1 Å². The fourth-order valence-electron chi connectivity index (χ4n) is 3.27. The lowest BCUT2D eigenvalue weighted by Gasteiger charge is -2.31. The predicted molar refractivity (Wildman–Crippen MR) is 108 cm³/mol. The first kappa shape index (κ1) is 21.5. The molecule has 9 heteroatoms.